The lowest BCUT2D eigenvalue weighted by molar-refractivity contribution is 0.118. The molecule has 36 heavy (non-hydrogen) atoms. The number of hydrogen-bond donors (Lipinski definition) is 0. The Morgan fingerprint density at radius 3 is 1.92 bits per heavy atom. The molecular weight excluding hydrogens is 452 g/mol. The molecule has 1 aromatic heterocycles. The number of aromatic nitrogens is 1. The Morgan fingerprint density at radius 1 is 0.806 bits per heavy atom. The second-order valence-corrected chi connectivity index (χ2v) is 8.85. The van der Waals surface area contributed by atoms with Crippen LogP contribution < -0.4 is 4.90 Å². The number of carbonyl (C=O) groups excluding carboxylic acids is 1. The van der Waals surface area contributed by atoms with E-state index in [1.165, 1.54) is 43.4 Å². The zero-order chi connectivity index (χ0) is 25.4. The third kappa shape index (κ3) is 10.1. The number of carbonyl (C=O) groups is 1. The van der Waals surface area contributed by atoms with Crippen LogP contribution in [-0.2, 0) is 14.2 Å². The summed E-state index contributed by atoms with van der Waals surface area (Å²) in [6, 6.07) is 24.0. The third-order valence-corrected chi connectivity index (χ3v) is 5.97. The highest BCUT2D eigenvalue weighted by atomic mass is 16.8. The SMILES string of the molecule is CCCCCCCN(C)c1ccncc1.O=C1OCC(c2ccccc2)O1.c1ccc(C2CO2)cc1. The molecule has 192 valence electrons. The van der Waals surface area contributed by atoms with Crippen LogP contribution >= 0.6 is 0 Å². The first-order valence-electron chi connectivity index (χ1n) is 12.8. The van der Waals surface area contributed by atoms with E-state index in [0.29, 0.717) is 12.7 Å². The van der Waals surface area contributed by atoms with Crippen molar-refractivity contribution in [2.75, 3.05) is 31.7 Å². The number of epoxide rings is 1. The van der Waals surface area contributed by atoms with Crippen LogP contribution in [-0.4, -0.2) is 37.9 Å². The molecule has 2 atom stereocenters. The first kappa shape index (κ1) is 27.2. The smallest absolute Gasteiger partial charge is 0.430 e. The monoisotopic (exact) mass is 490 g/mol. The van der Waals surface area contributed by atoms with E-state index < -0.39 is 6.16 Å². The molecule has 2 saturated heterocycles. The molecule has 0 saturated carbocycles. The summed E-state index contributed by atoms with van der Waals surface area (Å²) in [4.78, 5) is 16.9. The maximum Gasteiger partial charge on any atom is 0.509 e. The van der Waals surface area contributed by atoms with Gasteiger partial charge in [-0.3, -0.25) is 4.98 Å². The Morgan fingerprint density at radius 2 is 1.39 bits per heavy atom. The highest BCUT2D eigenvalue weighted by Crippen LogP contribution is 2.28. The molecule has 2 fully saturated rings. The van der Waals surface area contributed by atoms with E-state index >= 15 is 0 Å². The van der Waals surface area contributed by atoms with Gasteiger partial charge < -0.3 is 19.1 Å². The van der Waals surface area contributed by atoms with Crippen LogP contribution in [0.4, 0.5) is 10.5 Å². The van der Waals surface area contributed by atoms with Crippen LogP contribution in [0.3, 0.4) is 0 Å². The summed E-state index contributed by atoms with van der Waals surface area (Å²) >= 11 is 0. The lowest BCUT2D eigenvalue weighted by Gasteiger charge is -2.18. The number of pyridine rings is 1. The van der Waals surface area contributed by atoms with E-state index in [1.807, 2.05) is 60.9 Å². The quantitative estimate of drug-likeness (QED) is 0.180. The summed E-state index contributed by atoms with van der Waals surface area (Å²) in [6.45, 7) is 4.63. The van der Waals surface area contributed by atoms with E-state index in [4.69, 9.17) is 9.47 Å². The number of anilines is 1. The normalized spacial score (nSPS) is 17.4. The van der Waals surface area contributed by atoms with Crippen molar-refractivity contribution in [2.24, 2.45) is 0 Å². The standard InChI is InChI=1S/C13H22N2.C9H8O3.C8H8O/c1-3-4-5-6-7-12-15(2)13-8-10-14-11-9-13;10-9-11-6-8(12-9)7-4-2-1-3-5-7;1-2-4-7(5-3-1)8-6-9-8/h8-11H,3-7,12H2,1-2H3;1-5,8H,6H2;1-5,8H,6H2. The summed E-state index contributed by atoms with van der Waals surface area (Å²) in [7, 11) is 2.15. The van der Waals surface area contributed by atoms with E-state index in [9.17, 15) is 4.79 Å². The molecule has 0 aliphatic carbocycles. The van der Waals surface area contributed by atoms with Crippen molar-refractivity contribution >= 4 is 11.8 Å². The lowest BCUT2D eigenvalue weighted by Crippen LogP contribution is -2.18. The predicted molar refractivity (Wildman–Crippen MR) is 143 cm³/mol. The van der Waals surface area contributed by atoms with Crippen LogP contribution in [0.15, 0.2) is 85.2 Å². The van der Waals surface area contributed by atoms with Crippen LogP contribution in [0, 0.1) is 0 Å². The first-order chi connectivity index (χ1) is 17.7. The van der Waals surface area contributed by atoms with Gasteiger partial charge in [0.15, 0.2) is 6.10 Å². The molecule has 2 aliphatic rings. The molecule has 2 aliphatic heterocycles. The Kier molecular flexibility index (Phi) is 11.8. The van der Waals surface area contributed by atoms with Gasteiger partial charge in [-0.15, -0.1) is 0 Å². The average Bonchev–Trinajstić information content (AvgIpc) is 3.71. The molecule has 0 N–H and O–H groups in total. The zero-order valence-corrected chi connectivity index (χ0v) is 21.4. The van der Waals surface area contributed by atoms with Gasteiger partial charge in [0.05, 0.1) is 6.61 Å². The topological polar surface area (TPSA) is 64.2 Å². The largest absolute Gasteiger partial charge is 0.509 e. The van der Waals surface area contributed by atoms with E-state index in [0.717, 1.165) is 18.7 Å². The Labute approximate surface area is 215 Å². The van der Waals surface area contributed by atoms with Gasteiger partial charge in [0.25, 0.3) is 0 Å². The van der Waals surface area contributed by atoms with Gasteiger partial charge in [0.1, 0.15) is 12.7 Å². The number of rotatable bonds is 9. The number of hydrogen-bond acceptors (Lipinski definition) is 6. The van der Waals surface area contributed by atoms with Gasteiger partial charge in [0.2, 0.25) is 0 Å². The lowest BCUT2D eigenvalue weighted by atomic mass is 10.1. The van der Waals surface area contributed by atoms with E-state index in [-0.39, 0.29) is 6.10 Å². The third-order valence-electron chi connectivity index (χ3n) is 5.97. The molecule has 6 heteroatoms. The number of cyclic esters (lactones) is 2. The van der Waals surface area contributed by atoms with Gasteiger partial charge >= 0.3 is 6.16 Å². The number of unbranched alkanes of at least 4 members (excludes halogenated alkanes) is 4. The molecule has 2 aromatic carbocycles. The minimum absolute atomic E-state index is 0.223. The maximum atomic E-state index is 10.6. The zero-order valence-electron chi connectivity index (χ0n) is 21.4. The molecule has 6 nitrogen and oxygen atoms in total. The Bertz CT molecular complexity index is 982. The molecule has 3 heterocycles. The fourth-order valence-electron chi connectivity index (χ4n) is 3.75. The number of nitrogens with zero attached hydrogens (tertiary/aromatic N) is 2. The minimum atomic E-state index is -0.580. The molecule has 3 aromatic rings. The average molecular weight is 491 g/mol. The molecule has 0 radical (unpaired) electrons. The van der Waals surface area contributed by atoms with Crippen LogP contribution in [0.25, 0.3) is 0 Å². The first-order valence-corrected chi connectivity index (χ1v) is 12.8. The fourth-order valence-corrected chi connectivity index (χ4v) is 3.75. The highest BCUT2D eigenvalue weighted by molar-refractivity contribution is 5.62. The fraction of sp³-hybridized carbons (Fsp3) is 0.400. The Balaban J connectivity index is 0.000000155. The minimum Gasteiger partial charge on any atom is -0.430 e. The van der Waals surface area contributed by atoms with Gasteiger partial charge in [-0.05, 0) is 29.7 Å². The predicted octanol–water partition coefficient (Wildman–Crippen LogP) is 7.14. The summed E-state index contributed by atoms with van der Waals surface area (Å²) in [5.74, 6) is 0. The number of ether oxygens (including phenoxy) is 3. The van der Waals surface area contributed by atoms with Gasteiger partial charge in [-0.2, -0.15) is 0 Å². The van der Waals surface area contributed by atoms with Crippen molar-refractivity contribution in [3.05, 3.63) is 96.3 Å². The van der Waals surface area contributed by atoms with Crippen molar-refractivity contribution in [1.82, 2.24) is 4.98 Å². The van der Waals surface area contributed by atoms with Gasteiger partial charge in [-0.25, -0.2) is 4.79 Å². The molecule has 0 bridgehead atoms. The van der Waals surface area contributed by atoms with Crippen molar-refractivity contribution < 1.29 is 19.0 Å². The van der Waals surface area contributed by atoms with Gasteiger partial charge in [-0.1, -0.05) is 93.3 Å². The van der Waals surface area contributed by atoms with Crippen molar-refractivity contribution in [3.8, 4) is 0 Å². The second-order valence-electron chi connectivity index (χ2n) is 8.85. The van der Waals surface area contributed by atoms with E-state index in [2.05, 4.69) is 52.9 Å². The molecule has 2 unspecified atom stereocenters. The van der Waals surface area contributed by atoms with Crippen LogP contribution in [0.2, 0.25) is 0 Å². The van der Waals surface area contributed by atoms with Crippen LogP contribution in [0.1, 0.15) is 62.4 Å². The summed E-state index contributed by atoms with van der Waals surface area (Å²) in [5.41, 5.74) is 3.54. The summed E-state index contributed by atoms with van der Waals surface area (Å²) < 4.78 is 14.6. The van der Waals surface area contributed by atoms with Crippen molar-refractivity contribution in [2.45, 2.75) is 51.2 Å². The van der Waals surface area contributed by atoms with E-state index in [1.54, 1.807) is 0 Å². The van der Waals surface area contributed by atoms with Gasteiger partial charge in [0, 0.05) is 31.7 Å². The van der Waals surface area contributed by atoms with Crippen molar-refractivity contribution in [3.63, 3.8) is 0 Å². The highest BCUT2D eigenvalue weighted by Gasteiger charge is 2.26. The molecular formula is C30H38N2O4. The second kappa shape index (κ2) is 15.6. The van der Waals surface area contributed by atoms with Crippen molar-refractivity contribution in [1.29, 1.82) is 0 Å². The number of benzene rings is 2. The molecule has 0 amide bonds. The summed E-state index contributed by atoms with van der Waals surface area (Å²) in [6.07, 6.45) is 10.0. The maximum absolute atomic E-state index is 10.6. The molecule has 0 spiro atoms. The molecule has 5 rings (SSSR count). The Hall–Kier alpha value is -3.38. The summed E-state index contributed by atoms with van der Waals surface area (Å²) in [5, 5.41) is 0. The van der Waals surface area contributed by atoms with Crippen LogP contribution in [0.5, 0.6) is 0 Å².